The van der Waals surface area contributed by atoms with Crippen molar-refractivity contribution < 1.29 is 35.8 Å². The number of hydrogen-bond donors (Lipinski definition) is 2. The highest BCUT2D eigenvalue weighted by molar-refractivity contribution is 7.89. The molecule has 0 aliphatic heterocycles. The summed E-state index contributed by atoms with van der Waals surface area (Å²) in [6.07, 6.45) is 1.73. The number of nitrogens with zero attached hydrogens (tertiary/aromatic N) is 2. The second-order valence-corrected chi connectivity index (χ2v) is 18.1. The molecule has 0 heterocycles. The minimum absolute atomic E-state index is 0.0272. The van der Waals surface area contributed by atoms with Crippen molar-refractivity contribution in [3.05, 3.63) is 151 Å². The molecule has 0 unspecified atom stereocenters. The van der Waals surface area contributed by atoms with Crippen LogP contribution in [0.3, 0.4) is 0 Å². The Labute approximate surface area is 325 Å². The summed E-state index contributed by atoms with van der Waals surface area (Å²) in [4.78, 5) is -1.07. The summed E-state index contributed by atoms with van der Waals surface area (Å²) in [5.41, 5.74) is 2.69. The van der Waals surface area contributed by atoms with Gasteiger partial charge in [-0.3, -0.25) is 0 Å². The zero-order valence-corrected chi connectivity index (χ0v) is 32.1. The van der Waals surface area contributed by atoms with E-state index in [1.807, 2.05) is 12.1 Å². The summed E-state index contributed by atoms with van der Waals surface area (Å²) >= 11 is 24.5. The summed E-state index contributed by atoms with van der Waals surface area (Å²) in [7, 11) is -9.04. The Hall–Kier alpha value is -3.46. The summed E-state index contributed by atoms with van der Waals surface area (Å²) in [6, 6.07) is 20.4. The molecule has 278 valence electrons. The van der Waals surface area contributed by atoms with Gasteiger partial charge in [0.15, 0.2) is 11.5 Å². The predicted molar refractivity (Wildman–Crippen MR) is 200 cm³/mol. The van der Waals surface area contributed by atoms with Crippen molar-refractivity contribution in [2.45, 2.75) is 54.7 Å². The minimum Gasteiger partial charge on any atom is -0.505 e. The largest absolute Gasteiger partial charge is 0.505 e. The Balaban J connectivity index is 1.43. The standard InChI is InChI=1S/C37H30Cl4F2N2O6S2/c38-28-14-32(40)36(46)34(16-28)52(48,49)44(18-22-1-7-30(42)8-2-22)20-24-11-25(13-27(12-24)26-5-6-26)21-45(19-23-3-9-31(43)10-4-23)53(50,51)35-17-29(39)15-33(41)37(35)47/h1-4,7-17,26,46-47H,5-6,18-21H2. The van der Waals surface area contributed by atoms with E-state index in [0.717, 1.165) is 39.1 Å². The van der Waals surface area contributed by atoms with Gasteiger partial charge in [-0.2, -0.15) is 8.61 Å². The number of halogens is 6. The Morgan fingerprint density at radius 2 is 0.906 bits per heavy atom. The molecule has 0 saturated heterocycles. The van der Waals surface area contributed by atoms with Gasteiger partial charge in [-0.15, -0.1) is 0 Å². The zero-order valence-electron chi connectivity index (χ0n) is 27.5. The monoisotopic (exact) mass is 840 g/mol. The number of rotatable bonds is 13. The van der Waals surface area contributed by atoms with Crippen LogP contribution in [0.2, 0.25) is 20.1 Å². The fourth-order valence-electron chi connectivity index (χ4n) is 5.83. The first-order valence-electron chi connectivity index (χ1n) is 16.0. The second kappa shape index (κ2) is 15.7. The lowest BCUT2D eigenvalue weighted by Crippen LogP contribution is -2.31. The van der Waals surface area contributed by atoms with Gasteiger partial charge in [-0.1, -0.05) is 88.9 Å². The smallest absolute Gasteiger partial charge is 0.247 e. The van der Waals surface area contributed by atoms with Crippen LogP contribution in [0.1, 0.15) is 46.6 Å². The van der Waals surface area contributed by atoms with E-state index in [9.17, 15) is 35.8 Å². The summed E-state index contributed by atoms with van der Waals surface area (Å²) in [6.45, 7) is -0.997. The lowest BCUT2D eigenvalue weighted by molar-refractivity contribution is 0.390. The van der Waals surface area contributed by atoms with Gasteiger partial charge in [0.2, 0.25) is 20.0 Å². The lowest BCUT2D eigenvalue weighted by Gasteiger charge is -2.26. The molecule has 16 heteroatoms. The molecule has 53 heavy (non-hydrogen) atoms. The molecule has 0 spiro atoms. The molecule has 2 N–H and O–H groups in total. The van der Waals surface area contributed by atoms with E-state index in [4.69, 9.17) is 46.4 Å². The van der Waals surface area contributed by atoms with Crippen LogP contribution in [-0.2, 0) is 46.2 Å². The molecule has 6 rings (SSSR count). The molecule has 1 fully saturated rings. The maximum Gasteiger partial charge on any atom is 0.247 e. The number of aromatic hydroxyl groups is 2. The van der Waals surface area contributed by atoms with Crippen LogP contribution in [-0.4, -0.2) is 35.7 Å². The molecular weight excluding hydrogens is 812 g/mol. The third kappa shape index (κ3) is 9.09. The highest BCUT2D eigenvalue weighted by Crippen LogP contribution is 2.42. The van der Waals surface area contributed by atoms with E-state index in [0.29, 0.717) is 22.3 Å². The van der Waals surface area contributed by atoms with Gasteiger partial charge in [0.05, 0.1) is 10.0 Å². The van der Waals surface area contributed by atoms with Crippen LogP contribution in [0, 0.1) is 11.6 Å². The summed E-state index contributed by atoms with van der Waals surface area (Å²) in [5, 5.41) is 20.9. The molecule has 8 nitrogen and oxygen atoms in total. The molecule has 5 aromatic carbocycles. The molecule has 1 saturated carbocycles. The molecule has 0 amide bonds. The molecule has 1 aliphatic rings. The van der Waals surface area contributed by atoms with E-state index in [1.165, 1.54) is 60.7 Å². The third-order valence-corrected chi connectivity index (χ3v) is 13.2. The highest BCUT2D eigenvalue weighted by Gasteiger charge is 2.33. The Morgan fingerprint density at radius 1 is 0.547 bits per heavy atom. The van der Waals surface area contributed by atoms with Gasteiger partial charge in [-0.05, 0) is 95.1 Å². The molecule has 0 atom stereocenters. The van der Waals surface area contributed by atoms with Crippen molar-refractivity contribution in [3.8, 4) is 11.5 Å². The van der Waals surface area contributed by atoms with Crippen LogP contribution < -0.4 is 0 Å². The molecule has 0 aromatic heterocycles. The fourth-order valence-corrected chi connectivity index (χ4v) is 10.1. The summed E-state index contributed by atoms with van der Waals surface area (Å²) in [5.74, 6) is -2.28. The van der Waals surface area contributed by atoms with Crippen molar-refractivity contribution in [1.29, 1.82) is 0 Å². The average molecular weight is 843 g/mol. The maximum atomic E-state index is 14.2. The van der Waals surface area contributed by atoms with Gasteiger partial charge in [0.1, 0.15) is 21.4 Å². The molecule has 0 radical (unpaired) electrons. The third-order valence-electron chi connectivity index (χ3n) is 8.61. The zero-order chi connectivity index (χ0) is 38.2. The normalized spacial score (nSPS) is 13.6. The first-order valence-corrected chi connectivity index (χ1v) is 20.4. The van der Waals surface area contributed by atoms with Crippen LogP contribution in [0.15, 0.2) is 101 Å². The van der Waals surface area contributed by atoms with Gasteiger partial charge < -0.3 is 10.2 Å². The minimum atomic E-state index is -4.52. The van der Waals surface area contributed by atoms with Gasteiger partial charge in [-0.25, -0.2) is 25.6 Å². The van der Waals surface area contributed by atoms with Crippen molar-refractivity contribution in [3.63, 3.8) is 0 Å². The van der Waals surface area contributed by atoms with Crippen LogP contribution >= 0.6 is 46.4 Å². The Morgan fingerprint density at radius 3 is 1.26 bits per heavy atom. The van der Waals surface area contributed by atoms with Gasteiger partial charge >= 0.3 is 0 Å². The van der Waals surface area contributed by atoms with E-state index in [-0.39, 0.29) is 52.2 Å². The van der Waals surface area contributed by atoms with E-state index in [2.05, 4.69) is 0 Å². The van der Waals surface area contributed by atoms with E-state index >= 15 is 0 Å². The number of sulfonamides is 2. The highest BCUT2D eigenvalue weighted by atomic mass is 35.5. The van der Waals surface area contributed by atoms with Crippen molar-refractivity contribution in [1.82, 2.24) is 8.61 Å². The summed E-state index contributed by atoms with van der Waals surface area (Å²) < 4.78 is 86.8. The lowest BCUT2D eigenvalue weighted by atomic mass is 10.0. The first-order chi connectivity index (χ1) is 25.0. The van der Waals surface area contributed by atoms with Crippen molar-refractivity contribution in [2.24, 2.45) is 0 Å². The second-order valence-electron chi connectivity index (χ2n) is 12.6. The predicted octanol–water partition coefficient (Wildman–Crippen LogP) is 9.65. The quantitative estimate of drug-likeness (QED) is 0.122. The topological polar surface area (TPSA) is 115 Å². The van der Waals surface area contributed by atoms with Crippen molar-refractivity contribution >= 4 is 66.5 Å². The molecular formula is C37H30Cl4F2N2O6S2. The van der Waals surface area contributed by atoms with E-state index in [1.54, 1.807) is 6.07 Å². The van der Waals surface area contributed by atoms with Crippen LogP contribution in [0.25, 0.3) is 0 Å². The molecule has 5 aromatic rings. The van der Waals surface area contributed by atoms with E-state index < -0.39 is 53.0 Å². The number of benzene rings is 5. The first kappa shape index (κ1) is 39.2. The number of hydrogen-bond acceptors (Lipinski definition) is 6. The van der Waals surface area contributed by atoms with Gasteiger partial charge in [0.25, 0.3) is 0 Å². The maximum absolute atomic E-state index is 14.2. The number of phenols is 2. The van der Waals surface area contributed by atoms with Gasteiger partial charge in [0, 0.05) is 36.2 Å². The Bertz CT molecular complexity index is 2240. The average Bonchev–Trinajstić information content (AvgIpc) is 3.95. The SMILES string of the molecule is O=S(=O)(c1cc(Cl)cc(Cl)c1O)N(Cc1ccc(F)cc1)Cc1cc(CN(Cc2ccc(F)cc2)S(=O)(=O)c2cc(Cl)cc(Cl)c2O)cc(C2CC2)c1. The van der Waals surface area contributed by atoms with Crippen molar-refractivity contribution in [2.75, 3.05) is 0 Å². The molecule has 1 aliphatic carbocycles. The van der Waals surface area contributed by atoms with Crippen LogP contribution in [0.4, 0.5) is 8.78 Å². The fraction of sp³-hybridized carbons (Fsp3) is 0.189. The number of phenolic OH excluding ortho intramolecular Hbond substituents is 2. The Kier molecular flexibility index (Phi) is 11.6. The molecule has 0 bridgehead atoms. The van der Waals surface area contributed by atoms with Crippen LogP contribution in [0.5, 0.6) is 11.5 Å².